The van der Waals surface area contributed by atoms with Gasteiger partial charge in [0, 0.05) is 45.1 Å². The zero-order chi connectivity index (χ0) is 20.9. The lowest BCUT2D eigenvalue weighted by atomic mass is 9.86. The minimum absolute atomic E-state index is 0.0481. The second-order valence-electron chi connectivity index (χ2n) is 8.08. The summed E-state index contributed by atoms with van der Waals surface area (Å²) in [5, 5.41) is 0. The number of aryl methyl sites for hydroxylation is 1. The number of aromatic nitrogens is 1. The molecule has 30 heavy (non-hydrogen) atoms. The van der Waals surface area contributed by atoms with E-state index in [1.54, 1.807) is 19.5 Å². The largest absolute Gasteiger partial charge is 0.369 e. The van der Waals surface area contributed by atoms with Crippen LogP contribution in [0.3, 0.4) is 0 Å². The van der Waals surface area contributed by atoms with Crippen LogP contribution in [-0.4, -0.2) is 58.9 Å². The molecule has 0 spiro atoms. The van der Waals surface area contributed by atoms with E-state index in [0.717, 1.165) is 31.2 Å². The minimum atomic E-state index is -0.426. The lowest BCUT2D eigenvalue weighted by Gasteiger charge is -2.52. The number of carbonyl (C=O) groups is 2. The van der Waals surface area contributed by atoms with E-state index in [-0.39, 0.29) is 23.9 Å². The first-order valence-electron chi connectivity index (χ1n) is 10.8. The Morgan fingerprint density at radius 3 is 2.47 bits per heavy atom. The van der Waals surface area contributed by atoms with Crippen LogP contribution in [0.5, 0.6) is 0 Å². The predicted molar refractivity (Wildman–Crippen MR) is 114 cm³/mol. The van der Waals surface area contributed by atoms with Gasteiger partial charge < -0.3 is 14.5 Å². The van der Waals surface area contributed by atoms with Crippen molar-refractivity contribution in [3.8, 4) is 0 Å². The summed E-state index contributed by atoms with van der Waals surface area (Å²) in [4.78, 5) is 33.3. The molecule has 2 atom stereocenters. The molecule has 2 aliphatic rings. The first-order valence-corrected chi connectivity index (χ1v) is 10.8. The Bertz CT molecular complexity index is 851. The third-order valence-corrected chi connectivity index (χ3v) is 6.30. The van der Waals surface area contributed by atoms with Gasteiger partial charge in [0.1, 0.15) is 0 Å². The molecular weight excluding hydrogens is 378 g/mol. The lowest BCUT2D eigenvalue weighted by molar-refractivity contribution is -0.178. The van der Waals surface area contributed by atoms with Gasteiger partial charge >= 0.3 is 0 Å². The quantitative estimate of drug-likeness (QED) is 0.662. The van der Waals surface area contributed by atoms with E-state index in [9.17, 15) is 9.59 Å². The maximum Gasteiger partial charge on any atom is 0.255 e. The molecule has 2 amide bonds. The average molecular weight is 408 g/mol. The Hall–Kier alpha value is -2.73. The van der Waals surface area contributed by atoms with E-state index in [4.69, 9.17) is 4.74 Å². The third-order valence-electron chi connectivity index (χ3n) is 6.30. The third kappa shape index (κ3) is 4.24. The molecule has 1 aromatic carbocycles. The molecule has 3 heterocycles. The summed E-state index contributed by atoms with van der Waals surface area (Å²) < 4.78 is 5.45. The maximum absolute atomic E-state index is 12.7. The van der Waals surface area contributed by atoms with Crippen LogP contribution in [0.4, 0.5) is 0 Å². The van der Waals surface area contributed by atoms with Crippen molar-refractivity contribution in [3.63, 3.8) is 0 Å². The molecule has 1 aromatic heterocycles. The Morgan fingerprint density at radius 1 is 1.10 bits per heavy atom. The van der Waals surface area contributed by atoms with Crippen LogP contribution in [0.15, 0.2) is 54.9 Å². The Labute approximate surface area is 177 Å². The molecule has 2 saturated heterocycles. The molecule has 4 rings (SSSR count). The second kappa shape index (κ2) is 9.39. The fourth-order valence-electron chi connectivity index (χ4n) is 4.66. The molecular formula is C24H29N3O3. The van der Waals surface area contributed by atoms with Crippen molar-refractivity contribution in [1.82, 2.24) is 14.8 Å². The molecule has 2 aliphatic heterocycles. The number of piperidine rings is 1. The number of hydrogen-bond donors (Lipinski definition) is 0. The van der Waals surface area contributed by atoms with Gasteiger partial charge in [0.25, 0.3) is 5.91 Å². The fraction of sp³-hybridized carbons (Fsp3) is 0.458. The normalized spacial score (nSPS) is 22.1. The van der Waals surface area contributed by atoms with Gasteiger partial charge in [-0.05, 0) is 48.9 Å². The van der Waals surface area contributed by atoms with Crippen LogP contribution in [-0.2, 0) is 20.7 Å². The molecule has 0 N–H and O–H groups in total. The number of benzene rings is 1. The number of amides is 2. The number of likely N-dealkylation sites (tertiary alicyclic amines) is 2. The smallest absolute Gasteiger partial charge is 0.255 e. The van der Waals surface area contributed by atoms with Crippen molar-refractivity contribution in [3.05, 3.63) is 66.0 Å². The van der Waals surface area contributed by atoms with E-state index in [1.165, 1.54) is 5.56 Å². The highest BCUT2D eigenvalue weighted by Crippen LogP contribution is 2.40. The van der Waals surface area contributed by atoms with E-state index in [1.807, 2.05) is 40.1 Å². The van der Waals surface area contributed by atoms with Gasteiger partial charge in [0.05, 0.1) is 6.04 Å². The predicted octanol–water partition coefficient (Wildman–Crippen LogP) is 2.99. The van der Waals surface area contributed by atoms with Crippen LogP contribution in [0, 0.1) is 0 Å². The summed E-state index contributed by atoms with van der Waals surface area (Å²) in [5.74, 6) is 0.270. The van der Waals surface area contributed by atoms with Crippen molar-refractivity contribution in [2.45, 2.75) is 50.3 Å². The molecule has 2 fully saturated rings. The first-order chi connectivity index (χ1) is 14.7. The van der Waals surface area contributed by atoms with Crippen LogP contribution in [0.2, 0.25) is 0 Å². The number of rotatable bonds is 7. The lowest BCUT2D eigenvalue weighted by Crippen LogP contribution is -2.64. The van der Waals surface area contributed by atoms with Gasteiger partial charge in [-0.3, -0.25) is 14.6 Å². The summed E-state index contributed by atoms with van der Waals surface area (Å²) in [7, 11) is 1.59. The zero-order valence-electron chi connectivity index (χ0n) is 17.4. The van der Waals surface area contributed by atoms with Gasteiger partial charge in [0.2, 0.25) is 5.91 Å². The molecule has 158 valence electrons. The molecule has 0 aliphatic carbocycles. The Kier molecular flexibility index (Phi) is 6.43. The van der Waals surface area contributed by atoms with Crippen molar-refractivity contribution in [2.75, 3.05) is 20.2 Å². The summed E-state index contributed by atoms with van der Waals surface area (Å²) in [6, 6.07) is 14.3. The van der Waals surface area contributed by atoms with E-state index >= 15 is 0 Å². The van der Waals surface area contributed by atoms with Gasteiger partial charge in [-0.25, -0.2) is 0 Å². The van der Waals surface area contributed by atoms with Crippen molar-refractivity contribution in [2.24, 2.45) is 0 Å². The van der Waals surface area contributed by atoms with Crippen LogP contribution >= 0.6 is 0 Å². The molecule has 0 radical (unpaired) electrons. The number of methoxy groups -OCH3 is 1. The SMILES string of the molecule is COC1C(=O)N(C2CCN(C(=O)CCCc3ccccc3)CC2)C1c1ccncc1. The maximum atomic E-state index is 12.7. The number of β-lactam (4-membered cyclic amide) rings is 1. The fourth-order valence-corrected chi connectivity index (χ4v) is 4.66. The summed E-state index contributed by atoms with van der Waals surface area (Å²) in [5.41, 5.74) is 2.33. The van der Waals surface area contributed by atoms with Gasteiger partial charge in [-0.2, -0.15) is 0 Å². The Balaban J connectivity index is 1.29. The highest BCUT2D eigenvalue weighted by Gasteiger charge is 2.51. The number of ether oxygens (including phenoxy) is 1. The monoisotopic (exact) mass is 407 g/mol. The second-order valence-corrected chi connectivity index (χ2v) is 8.08. The molecule has 2 aromatic rings. The summed E-state index contributed by atoms with van der Waals surface area (Å²) >= 11 is 0. The van der Waals surface area contributed by atoms with E-state index < -0.39 is 6.10 Å². The Morgan fingerprint density at radius 2 is 1.80 bits per heavy atom. The topological polar surface area (TPSA) is 62.7 Å². The van der Waals surface area contributed by atoms with Crippen molar-refractivity contribution < 1.29 is 14.3 Å². The van der Waals surface area contributed by atoms with E-state index in [2.05, 4.69) is 17.1 Å². The van der Waals surface area contributed by atoms with E-state index in [0.29, 0.717) is 19.5 Å². The number of hydrogen-bond acceptors (Lipinski definition) is 4. The van der Waals surface area contributed by atoms with Crippen molar-refractivity contribution in [1.29, 1.82) is 0 Å². The zero-order valence-corrected chi connectivity index (χ0v) is 17.4. The molecule has 0 saturated carbocycles. The average Bonchev–Trinajstić information content (AvgIpc) is 2.79. The summed E-state index contributed by atoms with van der Waals surface area (Å²) in [6.45, 7) is 1.42. The van der Waals surface area contributed by atoms with Gasteiger partial charge in [0.15, 0.2) is 6.10 Å². The minimum Gasteiger partial charge on any atom is -0.369 e. The molecule has 6 nitrogen and oxygen atoms in total. The van der Waals surface area contributed by atoms with Crippen LogP contribution < -0.4 is 0 Å². The highest BCUT2D eigenvalue weighted by molar-refractivity contribution is 5.89. The molecule has 0 bridgehead atoms. The standard InChI is InChI=1S/C24H29N3O3/c1-30-23-22(19-10-14-25-15-11-19)27(24(23)29)20-12-16-26(17-13-20)21(28)9-5-8-18-6-3-2-4-7-18/h2-4,6-7,10-11,14-15,20,22-23H,5,8-9,12-13,16-17H2,1H3. The van der Waals surface area contributed by atoms with Crippen LogP contribution in [0.1, 0.15) is 42.9 Å². The van der Waals surface area contributed by atoms with Gasteiger partial charge in [-0.15, -0.1) is 0 Å². The molecule has 2 unspecified atom stereocenters. The van der Waals surface area contributed by atoms with Crippen LogP contribution in [0.25, 0.3) is 0 Å². The molecule has 6 heteroatoms. The van der Waals surface area contributed by atoms with Crippen molar-refractivity contribution >= 4 is 11.8 Å². The first kappa shape index (κ1) is 20.5. The summed E-state index contributed by atoms with van der Waals surface area (Å²) in [6.07, 6.45) is 7.07. The number of carbonyl (C=O) groups excluding carboxylic acids is 2. The highest BCUT2D eigenvalue weighted by atomic mass is 16.5. The van der Waals surface area contributed by atoms with Gasteiger partial charge in [-0.1, -0.05) is 30.3 Å². The number of pyridine rings is 1. The number of nitrogens with zero attached hydrogens (tertiary/aromatic N) is 3.